The van der Waals surface area contributed by atoms with E-state index in [0.717, 1.165) is 39.9 Å². The molecule has 0 bridgehead atoms. The maximum Gasteiger partial charge on any atom is 0.257 e. The fourth-order valence-corrected chi connectivity index (χ4v) is 4.90. The van der Waals surface area contributed by atoms with Gasteiger partial charge in [-0.2, -0.15) is 0 Å². The van der Waals surface area contributed by atoms with Gasteiger partial charge in [0.05, 0.1) is 24.4 Å². The number of benzene rings is 2. The minimum atomic E-state index is -0.194. The first-order chi connectivity index (χ1) is 13.5. The minimum absolute atomic E-state index is 0.194. The quantitative estimate of drug-likeness (QED) is 0.579. The predicted molar refractivity (Wildman–Crippen MR) is 115 cm³/mol. The van der Waals surface area contributed by atoms with E-state index in [1.165, 1.54) is 21.8 Å². The Kier molecular flexibility index (Phi) is 5.12. The van der Waals surface area contributed by atoms with Crippen molar-refractivity contribution >= 4 is 38.3 Å². The number of halogens is 1. The van der Waals surface area contributed by atoms with Gasteiger partial charge in [0.2, 0.25) is 0 Å². The molecular weight excluding hydrogens is 440 g/mol. The molecule has 28 heavy (non-hydrogen) atoms. The highest BCUT2D eigenvalue weighted by Gasteiger charge is 2.23. The molecule has 144 valence electrons. The fourth-order valence-electron chi connectivity index (χ4n) is 3.39. The highest BCUT2D eigenvalue weighted by Crippen LogP contribution is 2.40. The number of methoxy groups -OCH3 is 2. The molecule has 5 nitrogen and oxygen atoms in total. The Morgan fingerprint density at radius 1 is 1.14 bits per heavy atom. The van der Waals surface area contributed by atoms with E-state index in [2.05, 4.69) is 33.4 Å². The highest BCUT2D eigenvalue weighted by atomic mass is 79.9. The number of amides is 1. The van der Waals surface area contributed by atoms with Crippen molar-refractivity contribution in [1.29, 1.82) is 0 Å². The second kappa shape index (κ2) is 7.56. The zero-order chi connectivity index (χ0) is 19.8. The number of ether oxygens (including phenoxy) is 2. The van der Waals surface area contributed by atoms with E-state index < -0.39 is 0 Å². The van der Waals surface area contributed by atoms with E-state index in [9.17, 15) is 4.79 Å². The smallest absolute Gasteiger partial charge is 0.257 e. The summed E-state index contributed by atoms with van der Waals surface area (Å²) in [6.07, 6.45) is 1.86. The molecule has 1 aliphatic carbocycles. The predicted octanol–water partition coefficient (Wildman–Crippen LogP) is 5.25. The van der Waals surface area contributed by atoms with Crippen molar-refractivity contribution in [3.8, 4) is 22.8 Å². The molecule has 0 spiro atoms. The lowest BCUT2D eigenvalue weighted by atomic mass is 9.91. The van der Waals surface area contributed by atoms with E-state index in [4.69, 9.17) is 14.5 Å². The molecule has 1 N–H and O–H groups in total. The van der Waals surface area contributed by atoms with Crippen LogP contribution in [-0.2, 0) is 12.8 Å². The monoisotopic (exact) mass is 458 g/mol. The molecule has 1 heterocycles. The van der Waals surface area contributed by atoms with Crippen molar-refractivity contribution in [3.05, 3.63) is 56.4 Å². The maximum atomic E-state index is 12.6. The van der Waals surface area contributed by atoms with Gasteiger partial charge in [0.1, 0.15) is 11.5 Å². The number of rotatable bonds is 4. The molecule has 0 unspecified atom stereocenters. The number of hydrogen-bond donors (Lipinski definition) is 1. The van der Waals surface area contributed by atoms with E-state index >= 15 is 0 Å². The number of thiazole rings is 1. The molecule has 0 fully saturated rings. The van der Waals surface area contributed by atoms with Gasteiger partial charge in [-0.3, -0.25) is 10.1 Å². The number of nitrogens with one attached hydrogen (secondary N) is 1. The topological polar surface area (TPSA) is 60.5 Å². The normalized spacial score (nSPS) is 12.1. The van der Waals surface area contributed by atoms with Crippen LogP contribution in [-0.4, -0.2) is 25.1 Å². The lowest BCUT2D eigenvalue weighted by Crippen LogP contribution is -2.11. The van der Waals surface area contributed by atoms with E-state index in [1.54, 1.807) is 32.4 Å². The summed E-state index contributed by atoms with van der Waals surface area (Å²) in [5.74, 6) is 1.39. The summed E-state index contributed by atoms with van der Waals surface area (Å²) in [5, 5.41) is 3.54. The first-order valence-electron chi connectivity index (χ1n) is 8.82. The largest absolute Gasteiger partial charge is 0.496 e. The Labute approximate surface area is 175 Å². The number of aryl methyl sites for hydroxylation is 3. The van der Waals surface area contributed by atoms with Gasteiger partial charge < -0.3 is 9.47 Å². The molecule has 1 amide bonds. The van der Waals surface area contributed by atoms with Gasteiger partial charge >= 0.3 is 0 Å². The number of aromatic nitrogens is 1. The molecule has 0 saturated heterocycles. The summed E-state index contributed by atoms with van der Waals surface area (Å²) in [5.41, 5.74) is 4.95. The zero-order valence-electron chi connectivity index (χ0n) is 15.8. The van der Waals surface area contributed by atoms with Crippen molar-refractivity contribution in [2.75, 3.05) is 19.5 Å². The molecule has 3 aromatic rings. The lowest BCUT2D eigenvalue weighted by Gasteiger charge is -2.17. The molecular formula is C21H19BrN2O3S. The minimum Gasteiger partial charge on any atom is -0.496 e. The molecule has 0 atom stereocenters. The SMILES string of the molecule is COc1cc2c(cc1C)-c1nc(NC(=O)c3ccc(OC)c(Br)c3)sc1CC2. The van der Waals surface area contributed by atoms with Crippen molar-refractivity contribution in [2.24, 2.45) is 0 Å². The second-order valence-corrected chi connectivity index (χ2v) is 8.51. The van der Waals surface area contributed by atoms with Crippen molar-refractivity contribution < 1.29 is 14.3 Å². The fraction of sp³-hybridized carbons (Fsp3) is 0.238. The molecule has 0 radical (unpaired) electrons. The van der Waals surface area contributed by atoms with Gasteiger partial charge in [-0.15, -0.1) is 11.3 Å². The molecule has 0 saturated carbocycles. The Balaban J connectivity index is 1.62. The number of fused-ring (bicyclic) bond motifs is 3. The molecule has 0 aliphatic heterocycles. The van der Waals surface area contributed by atoms with Crippen LogP contribution < -0.4 is 14.8 Å². The van der Waals surface area contributed by atoms with Gasteiger partial charge in [-0.05, 0) is 77.2 Å². The van der Waals surface area contributed by atoms with Crippen LogP contribution in [0.2, 0.25) is 0 Å². The number of hydrogen-bond acceptors (Lipinski definition) is 5. The van der Waals surface area contributed by atoms with Crippen LogP contribution in [0.3, 0.4) is 0 Å². The molecule has 1 aromatic heterocycles. The average Bonchev–Trinajstić information content (AvgIpc) is 3.10. The maximum absolute atomic E-state index is 12.6. The first-order valence-corrected chi connectivity index (χ1v) is 10.4. The van der Waals surface area contributed by atoms with Gasteiger partial charge in [0.25, 0.3) is 5.91 Å². The molecule has 2 aromatic carbocycles. The second-order valence-electron chi connectivity index (χ2n) is 6.57. The molecule has 4 rings (SSSR count). The Morgan fingerprint density at radius 2 is 1.93 bits per heavy atom. The third kappa shape index (κ3) is 3.40. The van der Waals surface area contributed by atoms with Crippen LogP contribution in [0.25, 0.3) is 11.3 Å². The van der Waals surface area contributed by atoms with E-state index in [0.29, 0.717) is 16.4 Å². The van der Waals surface area contributed by atoms with Gasteiger partial charge in [0, 0.05) is 16.0 Å². The third-order valence-electron chi connectivity index (χ3n) is 4.83. The number of carbonyl (C=O) groups is 1. The van der Waals surface area contributed by atoms with E-state index in [-0.39, 0.29) is 5.91 Å². The summed E-state index contributed by atoms with van der Waals surface area (Å²) < 4.78 is 11.4. The Morgan fingerprint density at radius 3 is 2.64 bits per heavy atom. The van der Waals surface area contributed by atoms with Crippen molar-refractivity contribution in [1.82, 2.24) is 4.98 Å². The molecule has 1 aliphatic rings. The van der Waals surface area contributed by atoms with Crippen molar-refractivity contribution in [2.45, 2.75) is 19.8 Å². The van der Waals surface area contributed by atoms with Crippen LogP contribution in [0, 0.1) is 6.92 Å². The summed E-state index contributed by atoms with van der Waals surface area (Å²) in [6.45, 7) is 2.03. The summed E-state index contributed by atoms with van der Waals surface area (Å²) in [4.78, 5) is 18.6. The average molecular weight is 459 g/mol. The zero-order valence-corrected chi connectivity index (χ0v) is 18.2. The Hall–Kier alpha value is -2.38. The number of nitrogens with zero attached hydrogens (tertiary/aromatic N) is 1. The summed E-state index contributed by atoms with van der Waals surface area (Å²) in [6, 6.07) is 9.46. The van der Waals surface area contributed by atoms with Gasteiger partial charge in [0.15, 0.2) is 5.13 Å². The summed E-state index contributed by atoms with van der Waals surface area (Å²) in [7, 11) is 3.28. The lowest BCUT2D eigenvalue weighted by molar-refractivity contribution is 0.102. The standard InChI is InChI=1S/C21H19BrN2O3S/c1-11-8-14-12(10-17(11)27-3)5-7-18-19(14)23-21(28-18)24-20(25)13-4-6-16(26-2)15(22)9-13/h4,6,8-10H,5,7H2,1-3H3,(H,23,24,25). The first kappa shape index (κ1) is 19.0. The van der Waals surface area contributed by atoms with Crippen LogP contribution in [0.1, 0.15) is 26.4 Å². The van der Waals surface area contributed by atoms with Crippen molar-refractivity contribution in [3.63, 3.8) is 0 Å². The van der Waals surface area contributed by atoms with Crippen LogP contribution in [0.5, 0.6) is 11.5 Å². The van der Waals surface area contributed by atoms with Crippen LogP contribution in [0.15, 0.2) is 34.8 Å². The number of anilines is 1. The molecule has 7 heteroatoms. The van der Waals surface area contributed by atoms with Gasteiger partial charge in [-0.25, -0.2) is 4.98 Å². The number of carbonyl (C=O) groups excluding carboxylic acids is 1. The summed E-state index contributed by atoms with van der Waals surface area (Å²) >= 11 is 4.95. The van der Waals surface area contributed by atoms with Crippen LogP contribution >= 0.6 is 27.3 Å². The van der Waals surface area contributed by atoms with Crippen LogP contribution in [0.4, 0.5) is 5.13 Å². The van der Waals surface area contributed by atoms with Gasteiger partial charge in [-0.1, -0.05) is 0 Å². The highest BCUT2D eigenvalue weighted by molar-refractivity contribution is 9.10. The van der Waals surface area contributed by atoms with E-state index in [1.807, 2.05) is 6.92 Å². The third-order valence-corrected chi connectivity index (χ3v) is 6.48. The Bertz CT molecular complexity index is 1080.